The van der Waals surface area contributed by atoms with E-state index in [4.69, 9.17) is 11.5 Å². The van der Waals surface area contributed by atoms with Gasteiger partial charge >= 0.3 is 0 Å². The van der Waals surface area contributed by atoms with E-state index in [1.54, 1.807) is 31.2 Å². The van der Waals surface area contributed by atoms with E-state index in [1.165, 1.54) is 13.8 Å². The van der Waals surface area contributed by atoms with Gasteiger partial charge in [0.2, 0.25) is 11.8 Å². The molecular weight excluding hydrogens is 230 g/mol. The van der Waals surface area contributed by atoms with E-state index < -0.39 is 22.9 Å². The molecule has 5 N–H and O–H groups in total. The molecule has 0 aromatic heterocycles. The topological polar surface area (TPSA) is 98.2 Å². The number of amides is 2. The van der Waals surface area contributed by atoms with E-state index in [1.807, 2.05) is 6.07 Å². The number of primary amides is 1. The standard InChI is InChI=1S/C13H19N3O2/c1-12(2,10(14)17)16-11(18)13(3,15)9-7-5-4-6-8-9/h4-8H,15H2,1-3H3,(H2,14,17)(H,16,18). The van der Waals surface area contributed by atoms with Crippen molar-refractivity contribution in [2.75, 3.05) is 0 Å². The Morgan fingerprint density at radius 1 is 1.11 bits per heavy atom. The highest BCUT2D eigenvalue weighted by Crippen LogP contribution is 2.18. The van der Waals surface area contributed by atoms with Crippen LogP contribution in [0.1, 0.15) is 26.3 Å². The van der Waals surface area contributed by atoms with Gasteiger partial charge in [-0.1, -0.05) is 30.3 Å². The molecule has 1 aromatic carbocycles. The van der Waals surface area contributed by atoms with Crippen LogP contribution in [0.25, 0.3) is 0 Å². The quantitative estimate of drug-likeness (QED) is 0.713. The second-order valence-electron chi connectivity index (χ2n) is 5.01. The summed E-state index contributed by atoms with van der Waals surface area (Å²) in [6.45, 7) is 4.66. The van der Waals surface area contributed by atoms with Gasteiger partial charge < -0.3 is 16.8 Å². The number of rotatable bonds is 4. The van der Waals surface area contributed by atoms with Crippen molar-refractivity contribution in [1.29, 1.82) is 0 Å². The Kier molecular flexibility index (Phi) is 3.76. The average molecular weight is 249 g/mol. The lowest BCUT2D eigenvalue weighted by atomic mass is 9.91. The third-order valence-electron chi connectivity index (χ3n) is 2.89. The first kappa shape index (κ1) is 14.2. The lowest BCUT2D eigenvalue weighted by Gasteiger charge is -2.30. The maximum Gasteiger partial charge on any atom is 0.245 e. The predicted molar refractivity (Wildman–Crippen MR) is 69.4 cm³/mol. The van der Waals surface area contributed by atoms with E-state index in [-0.39, 0.29) is 0 Å². The summed E-state index contributed by atoms with van der Waals surface area (Å²) in [5.74, 6) is -1.06. The van der Waals surface area contributed by atoms with Gasteiger partial charge in [0.05, 0.1) is 0 Å². The minimum absolute atomic E-state index is 0.447. The molecule has 0 aliphatic heterocycles. The molecule has 0 aliphatic rings. The molecule has 0 saturated heterocycles. The first-order valence-corrected chi connectivity index (χ1v) is 5.65. The molecule has 5 nitrogen and oxygen atoms in total. The molecule has 0 saturated carbocycles. The molecule has 1 aromatic rings. The molecule has 2 amide bonds. The van der Waals surface area contributed by atoms with Crippen molar-refractivity contribution in [2.45, 2.75) is 31.8 Å². The Balaban J connectivity index is 2.94. The average Bonchev–Trinajstić information content (AvgIpc) is 2.29. The first-order chi connectivity index (χ1) is 8.18. The molecule has 0 fully saturated rings. The van der Waals surface area contributed by atoms with E-state index >= 15 is 0 Å². The van der Waals surface area contributed by atoms with Crippen LogP contribution in [0.15, 0.2) is 30.3 Å². The number of hydrogen-bond donors (Lipinski definition) is 3. The van der Waals surface area contributed by atoms with Crippen LogP contribution in [0.5, 0.6) is 0 Å². The van der Waals surface area contributed by atoms with Gasteiger partial charge in [0, 0.05) is 0 Å². The van der Waals surface area contributed by atoms with Crippen molar-refractivity contribution in [3.05, 3.63) is 35.9 Å². The van der Waals surface area contributed by atoms with Gasteiger partial charge in [0.15, 0.2) is 0 Å². The predicted octanol–water partition coefficient (Wildman–Crippen LogP) is 0.241. The molecule has 0 bridgehead atoms. The van der Waals surface area contributed by atoms with Crippen LogP contribution in [-0.2, 0) is 15.1 Å². The third-order valence-corrected chi connectivity index (χ3v) is 2.89. The Bertz CT molecular complexity index is 453. The lowest BCUT2D eigenvalue weighted by Crippen LogP contribution is -2.59. The summed E-state index contributed by atoms with van der Waals surface area (Å²) in [6.07, 6.45) is 0. The molecule has 1 rings (SSSR count). The van der Waals surface area contributed by atoms with Crippen LogP contribution in [-0.4, -0.2) is 17.4 Å². The summed E-state index contributed by atoms with van der Waals surface area (Å²) in [7, 11) is 0. The monoisotopic (exact) mass is 249 g/mol. The summed E-state index contributed by atoms with van der Waals surface area (Å²) in [5, 5.41) is 2.56. The van der Waals surface area contributed by atoms with Gasteiger partial charge in [0.25, 0.3) is 0 Å². The largest absolute Gasteiger partial charge is 0.368 e. The highest BCUT2D eigenvalue weighted by molar-refractivity contribution is 5.93. The van der Waals surface area contributed by atoms with Gasteiger partial charge in [0.1, 0.15) is 11.1 Å². The number of nitrogens with one attached hydrogen (secondary N) is 1. The van der Waals surface area contributed by atoms with Crippen molar-refractivity contribution in [1.82, 2.24) is 5.32 Å². The van der Waals surface area contributed by atoms with Gasteiger partial charge in [-0.2, -0.15) is 0 Å². The highest BCUT2D eigenvalue weighted by Gasteiger charge is 2.36. The molecule has 0 spiro atoms. The Hall–Kier alpha value is -1.88. The molecule has 1 unspecified atom stereocenters. The maximum atomic E-state index is 12.1. The van der Waals surface area contributed by atoms with Crippen LogP contribution in [0.3, 0.4) is 0 Å². The molecule has 0 heterocycles. The van der Waals surface area contributed by atoms with Crippen molar-refractivity contribution in [3.8, 4) is 0 Å². The fourth-order valence-corrected chi connectivity index (χ4v) is 1.39. The van der Waals surface area contributed by atoms with Crippen LogP contribution in [0.2, 0.25) is 0 Å². The number of carbonyl (C=O) groups is 2. The SMILES string of the molecule is CC(C)(NC(=O)C(C)(N)c1ccccc1)C(N)=O. The van der Waals surface area contributed by atoms with Crippen molar-refractivity contribution >= 4 is 11.8 Å². The minimum Gasteiger partial charge on any atom is -0.368 e. The van der Waals surface area contributed by atoms with Crippen molar-refractivity contribution in [2.24, 2.45) is 11.5 Å². The third kappa shape index (κ3) is 2.87. The zero-order chi connectivity index (χ0) is 14.0. The summed E-state index contributed by atoms with van der Waals surface area (Å²) in [5.41, 5.74) is 9.55. The van der Waals surface area contributed by atoms with E-state index in [2.05, 4.69) is 5.32 Å². The fourth-order valence-electron chi connectivity index (χ4n) is 1.39. The van der Waals surface area contributed by atoms with Crippen LogP contribution in [0.4, 0.5) is 0 Å². The molecule has 5 heteroatoms. The van der Waals surface area contributed by atoms with E-state index in [9.17, 15) is 9.59 Å². The number of nitrogens with two attached hydrogens (primary N) is 2. The first-order valence-electron chi connectivity index (χ1n) is 5.65. The normalized spacial score (nSPS) is 14.7. The summed E-state index contributed by atoms with van der Waals surface area (Å²) < 4.78 is 0. The highest BCUT2D eigenvalue weighted by atomic mass is 16.2. The molecule has 18 heavy (non-hydrogen) atoms. The van der Waals surface area contributed by atoms with Gasteiger partial charge in [-0.05, 0) is 26.3 Å². The number of benzene rings is 1. The zero-order valence-corrected chi connectivity index (χ0v) is 10.9. The number of carbonyl (C=O) groups excluding carboxylic acids is 2. The van der Waals surface area contributed by atoms with Gasteiger partial charge in [-0.25, -0.2) is 0 Å². The lowest BCUT2D eigenvalue weighted by molar-refractivity contribution is -0.133. The van der Waals surface area contributed by atoms with E-state index in [0.717, 1.165) is 0 Å². The minimum atomic E-state index is -1.21. The second-order valence-corrected chi connectivity index (χ2v) is 5.01. The van der Waals surface area contributed by atoms with E-state index in [0.29, 0.717) is 5.56 Å². The molecule has 0 aliphatic carbocycles. The fraction of sp³-hybridized carbons (Fsp3) is 0.385. The molecular formula is C13H19N3O2. The smallest absolute Gasteiger partial charge is 0.245 e. The number of hydrogen-bond acceptors (Lipinski definition) is 3. The Morgan fingerprint density at radius 2 is 1.61 bits per heavy atom. The Labute approximate surface area is 107 Å². The van der Waals surface area contributed by atoms with Crippen LogP contribution >= 0.6 is 0 Å². The summed E-state index contributed by atoms with van der Waals surface area (Å²) in [6, 6.07) is 8.96. The molecule has 98 valence electrons. The van der Waals surface area contributed by atoms with Crippen LogP contribution < -0.4 is 16.8 Å². The van der Waals surface area contributed by atoms with Crippen LogP contribution in [0, 0.1) is 0 Å². The van der Waals surface area contributed by atoms with Crippen molar-refractivity contribution < 1.29 is 9.59 Å². The zero-order valence-electron chi connectivity index (χ0n) is 10.9. The second kappa shape index (κ2) is 4.78. The molecule has 0 radical (unpaired) electrons. The summed E-state index contributed by atoms with van der Waals surface area (Å²) >= 11 is 0. The van der Waals surface area contributed by atoms with Gasteiger partial charge in [-0.3, -0.25) is 9.59 Å². The maximum absolute atomic E-state index is 12.1. The van der Waals surface area contributed by atoms with Crippen molar-refractivity contribution in [3.63, 3.8) is 0 Å². The van der Waals surface area contributed by atoms with Gasteiger partial charge in [-0.15, -0.1) is 0 Å². The Morgan fingerprint density at radius 3 is 2.06 bits per heavy atom. The molecule has 1 atom stereocenters. The summed E-state index contributed by atoms with van der Waals surface area (Å²) in [4.78, 5) is 23.3.